The molecule has 0 aromatic carbocycles. The minimum absolute atomic E-state index is 0.00975. The van der Waals surface area contributed by atoms with Gasteiger partial charge in [-0.3, -0.25) is 0 Å². The Bertz CT molecular complexity index is 953. The van der Waals surface area contributed by atoms with Crippen molar-refractivity contribution >= 4 is 35.0 Å². The van der Waals surface area contributed by atoms with Gasteiger partial charge in [-0.2, -0.15) is 0 Å². The molecule has 0 radical (unpaired) electrons. The number of aliphatic hydroxyl groups excluding tert-OH is 1. The molecule has 1 rings (SSSR count). The second-order valence-electron chi connectivity index (χ2n) is 17.5. The first-order valence-corrected chi connectivity index (χ1v) is 35.4. The van der Waals surface area contributed by atoms with Crippen LogP contribution in [-0.4, -0.2) is 90.6 Å². The van der Waals surface area contributed by atoms with E-state index in [0.29, 0.717) is 12.3 Å². The van der Waals surface area contributed by atoms with Gasteiger partial charge in [0.05, 0.1) is 0 Å². The van der Waals surface area contributed by atoms with Crippen molar-refractivity contribution in [3.05, 3.63) is 10.2 Å². The molecule has 0 aromatic rings. The molecular formula is C44H92O6Si2Sn. The van der Waals surface area contributed by atoms with E-state index >= 15 is 0 Å². The molecule has 316 valence electrons. The van der Waals surface area contributed by atoms with Gasteiger partial charge in [-0.1, -0.05) is 20.8 Å². The van der Waals surface area contributed by atoms with Crippen LogP contribution in [0.25, 0.3) is 0 Å². The Morgan fingerprint density at radius 1 is 0.774 bits per heavy atom. The summed E-state index contributed by atoms with van der Waals surface area (Å²) in [5.41, 5.74) is 0. The number of hydrogen-bond acceptors (Lipinski definition) is 6. The maximum atomic E-state index is 12.5. The Morgan fingerprint density at radius 3 is 1.62 bits per heavy atom. The third-order valence-corrected chi connectivity index (χ3v) is 37.6. The van der Waals surface area contributed by atoms with Crippen molar-refractivity contribution in [2.24, 2.45) is 23.7 Å². The van der Waals surface area contributed by atoms with Crippen molar-refractivity contribution in [1.82, 2.24) is 0 Å². The van der Waals surface area contributed by atoms with Crippen LogP contribution in [0.5, 0.6) is 0 Å². The van der Waals surface area contributed by atoms with Crippen molar-refractivity contribution in [2.45, 2.75) is 228 Å². The van der Waals surface area contributed by atoms with Gasteiger partial charge in [-0.05, 0) is 18.1 Å². The van der Waals surface area contributed by atoms with Crippen molar-refractivity contribution in [1.29, 1.82) is 0 Å². The zero-order chi connectivity index (χ0) is 40.5. The van der Waals surface area contributed by atoms with Crippen LogP contribution in [0.4, 0.5) is 0 Å². The summed E-state index contributed by atoms with van der Waals surface area (Å²) in [6.45, 7) is 32.2. The van der Waals surface area contributed by atoms with Gasteiger partial charge in [0.25, 0.3) is 0 Å². The van der Waals surface area contributed by atoms with Crippen molar-refractivity contribution in [3.8, 4) is 0 Å². The quantitative estimate of drug-likeness (QED) is 0.0755. The van der Waals surface area contributed by atoms with Crippen molar-refractivity contribution in [2.75, 3.05) is 14.2 Å². The molecule has 1 N–H and O–H groups in total. The molecule has 1 saturated heterocycles. The van der Waals surface area contributed by atoms with Gasteiger partial charge in [0.2, 0.25) is 0 Å². The first-order valence-electron chi connectivity index (χ1n) is 22.6. The fourth-order valence-corrected chi connectivity index (χ4v) is 29.7. The Balaban J connectivity index is 3.81. The normalized spacial score (nSPS) is 24.8. The van der Waals surface area contributed by atoms with Crippen LogP contribution in [0.2, 0.25) is 49.6 Å². The molecule has 0 bridgehead atoms. The van der Waals surface area contributed by atoms with E-state index in [1.54, 1.807) is 7.11 Å². The number of aliphatic hydroxyl groups is 1. The minimum atomic E-state index is -2.61. The summed E-state index contributed by atoms with van der Waals surface area (Å²) in [4.78, 5) is 0. The molecule has 6 nitrogen and oxygen atoms in total. The van der Waals surface area contributed by atoms with E-state index in [4.69, 9.17) is 23.1 Å². The summed E-state index contributed by atoms with van der Waals surface area (Å²) < 4.78 is 41.9. The van der Waals surface area contributed by atoms with Crippen molar-refractivity contribution < 1.29 is 28.2 Å². The molecule has 0 amide bonds. The molecule has 1 heterocycles. The second kappa shape index (κ2) is 25.3. The summed E-state index contributed by atoms with van der Waals surface area (Å²) in [5.74, 6) is -0.695. The van der Waals surface area contributed by atoms with Crippen LogP contribution in [0, 0.1) is 23.7 Å². The molecule has 9 atom stereocenters. The first-order chi connectivity index (χ1) is 25.1. The molecule has 9 heteroatoms. The van der Waals surface area contributed by atoms with Crippen LogP contribution < -0.4 is 0 Å². The third-order valence-electron chi connectivity index (χ3n) is 14.2. The molecule has 1 fully saturated rings. The summed E-state index contributed by atoms with van der Waals surface area (Å²) >= 11 is -2.61. The summed E-state index contributed by atoms with van der Waals surface area (Å²) in [6, 6.07) is 6.47. The molecule has 1 aliphatic heterocycles. The van der Waals surface area contributed by atoms with E-state index in [2.05, 4.69) is 107 Å². The second-order valence-corrected chi connectivity index (χ2v) is 40.0. The Labute approximate surface area is 337 Å². The molecule has 0 aliphatic carbocycles. The molecule has 0 unspecified atom stereocenters. The summed E-state index contributed by atoms with van der Waals surface area (Å²) in [6.07, 6.45) is 9.30. The van der Waals surface area contributed by atoms with Gasteiger partial charge in [-0.15, -0.1) is 0 Å². The number of rotatable bonds is 29. The predicted molar refractivity (Wildman–Crippen MR) is 237 cm³/mol. The van der Waals surface area contributed by atoms with E-state index in [1.165, 1.54) is 51.8 Å². The van der Waals surface area contributed by atoms with Gasteiger partial charge >= 0.3 is 300 Å². The molecule has 53 heavy (non-hydrogen) atoms. The van der Waals surface area contributed by atoms with Gasteiger partial charge in [-0.25, -0.2) is 0 Å². The zero-order valence-corrected chi connectivity index (χ0v) is 43.0. The fraction of sp³-hybridized carbons (Fsp3) is 0.955. The van der Waals surface area contributed by atoms with Crippen LogP contribution >= 0.6 is 0 Å². The third kappa shape index (κ3) is 13.9. The van der Waals surface area contributed by atoms with Gasteiger partial charge in [0.1, 0.15) is 0 Å². The average Bonchev–Trinajstić information content (AvgIpc) is 3.18. The topological polar surface area (TPSA) is 66.4 Å². The first kappa shape index (κ1) is 51.8. The molecule has 1 aliphatic rings. The van der Waals surface area contributed by atoms with Crippen LogP contribution in [0.3, 0.4) is 0 Å². The van der Waals surface area contributed by atoms with E-state index in [9.17, 15) is 5.11 Å². The molecule has 0 aromatic heterocycles. The van der Waals surface area contributed by atoms with Gasteiger partial charge in [0.15, 0.2) is 0 Å². The van der Waals surface area contributed by atoms with Crippen LogP contribution in [-0.2, 0) is 23.1 Å². The summed E-state index contributed by atoms with van der Waals surface area (Å²) in [7, 11) is -0.430. The predicted octanol–water partition coefficient (Wildman–Crippen LogP) is 12.8. The molecule has 0 saturated carbocycles. The molecular weight excluding hydrogens is 799 g/mol. The number of hydrogen-bond donors (Lipinski definition) is 1. The number of unbranched alkanes of at least 4 members (excludes halogenated alkanes) is 3. The fourth-order valence-electron chi connectivity index (χ4n) is 9.43. The van der Waals surface area contributed by atoms with Crippen molar-refractivity contribution in [3.63, 3.8) is 0 Å². The van der Waals surface area contributed by atoms with Gasteiger partial charge in [0, 0.05) is 0 Å². The zero-order valence-electron chi connectivity index (χ0n) is 38.2. The monoisotopic (exact) mass is 893 g/mol. The summed E-state index contributed by atoms with van der Waals surface area (Å²) in [5, 5.41) is 12.5. The standard InChI is InChI=1S/C32H65O6Si2.3C4H9.Sn/c1-15-27(34-13)29(33)25(11)31(38-40(19-5,20-6)21-7)26(12)32(35-14)22-28(24(10)30(36-32)23(8)9)37-39(16-2,17-3)18-4;3*1-3-4-2;/h1,15,23-31,33H,16-22H2,2-14H3;3*1,3-4H2,2H3;/t24-,25+,26-,27-,28+,29+,30+,31+,32+;;;;/m0..../s1. The Hall–Kier alpha value is 0.732. The SMILES string of the molecule is CCC[CH2][Sn](/[CH]=C/[C@H](OC)[C@H](O)[C@@H](C)[C@@H](O[Si](CC)(CC)CC)[C@H](C)[C@@]1(OC)C[C@@H](O[Si](CC)(CC)CC)[C@H](C)[C@@H](C(C)C)O1)([CH2]CCC)[CH2]CCC. The van der Waals surface area contributed by atoms with Crippen LogP contribution in [0.15, 0.2) is 10.2 Å². The average molecular weight is 892 g/mol. The van der Waals surface area contributed by atoms with Crippen LogP contribution in [0.1, 0.15) is 142 Å². The number of ether oxygens (including phenoxy) is 3. The van der Waals surface area contributed by atoms with E-state index in [1.807, 2.05) is 7.11 Å². The Morgan fingerprint density at radius 2 is 1.25 bits per heavy atom. The molecule has 0 spiro atoms. The van der Waals surface area contributed by atoms with E-state index < -0.39 is 46.9 Å². The van der Waals surface area contributed by atoms with E-state index in [0.717, 1.165) is 36.3 Å². The van der Waals surface area contributed by atoms with E-state index in [-0.39, 0.29) is 42.2 Å². The number of methoxy groups -OCH3 is 2. The Kier molecular flexibility index (Phi) is 24.7. The maximum absolute atomic E-state index is 12.5. The van der Waals surface area contributed by atoms with Gasteiger partial charge < -0.3 is 0 Å².